The molecule has 0 aliphatic carbocycles. The van der Waals surface area contributed by atoms with Gasteiger partial charge in [-0.15, -0.1) is 0 Å². The van der Waals surface area contributed by atoms with Gasteiger partial charge in [-0.1, -0.05) is 13.8 Å². The van der Waals surface area contributed by atoms with Gasteiger partial charge in [-0.25, -0.2) is 4.98 Å². The molecule has 1 aromatic rings. The van der Waals surface area contributed by atoms with Crippen molar-refractivity contribution in [3.05, 3.63) is 17.8 Å². The molecular formula is C16H26N2O4. The number of aliphatic hydroxyl groups is 1. The number of aliphatic hydroxyl groups excluding tert-OH is 1. The normalized spacial score (nSPS) is 19.5. The van der Waals surface area contributed by atoms with Crippen LogP contribution in [0.5, 0.6) is 0 Å². The monoisotopic (exact) mass is 310 g/mol. The highest BCUT2D eigenvalue weighted by atomic mass is 16.5. The zero-order valence-corrected chi connectivity index (χ0v) is 13.4. The summed E-state index contributed by atoms with van der Waals surface area (Å²) in [6.45, 7) is 5.64. The van der Waals surface area contributed by atoms with E-state index in [9.17, 15) is 4.79 Å². The second-order valence-corrected chi connectivity index (χ2v) is 6.28. The number of aromatic nitrogens is 1. The molecule has 0 spiro atoms. The average Bonchev–Trinajstić information content (AvgIpc) is 3.13. The van der Waals surface area contributed by atoms with Crippen LogP contribution in [-0.4, -0.2) is 35.8 Å². The van der Waals surface area contributed by atoms with Crippen molar-refractivity contribution < 1.29 is 19.1 Å². The number of nitrogens with zero attached hydrogens (tertiary/aromatic N) is 1. The quantitative estimate of drug-likeness (QED) is 0.769. The molecule has 22 heavy (non-hydrogen) atoms. The van der Waals surface area contributed by atoms with Crippen LogP contribution in [0, 0.1) is 11.8 Å². The van der Waals surface area contributed by atoms with Gasteiger partial charge in [0.15, 0.2) is 17.8 Å². The summed E-state index contributed by atoms with van der Waals surface area (Å²) >= 11 is 0. The maximum absolute atomic E-state index is 12.3. The number of amides is 1. The number of ether oxygens (including phenoxy) is 1. The summed E-state index contributed by atoms with van der Waals surface area (Å²) in [4.78, 5) is 16.4. The van der Waals surface area contributed by atoms with E-state index in [-0.39, 0.29) is 24.5 Å². The van der Waals surface area contributed by atoms with Crippen molar-refractivity contribution in [2.75, 3.05) is 19.8 Å². The molecule has 1 aliphatic rings. The highest BCUT2D eigenvalue weighted by Crippen LogP contribution is 2.30. The molecule has 6 nitrogen and oxygen atoms in total. The summed E-state index contributed by atoms with van der Waals surface area (Å²) in [6, 6.07) is 0. The predicted octanol–water partition coefficient (Wildman–Crippen LogP) is 2.30. The molecule has 0 saturated carbocycles. The van der Waals surface area contributed by atoms with E-state index in [0.717, 1.165) is 19.3 Å². The lowest BCUT2D eigenvalue weighted by molar-refractivity contribution is 0.0855. The lowest BCUT2D eigenvalue weighted by Gasteiger charge is -2.18. The summed E-state index contributed by atoms with van der Waals surface area (Å²) < 4.78 is 10.9. The molecule has 0 aromatic carbocycles. The Morgan fingerprint density at radius 1 is 1.55 bits per heavy atom. The van der Waals surface area contributed by atoms with Crippen LogP contribution in [0.25, 0.3) is 0 Å². The first-order valence-corrected chi connectivity index (χ1v) is 8.05. The fourth-order valence-corrected chi connectivity index (χ4v) is 2.91. The molecular weight excluding hydrogens is 284 g/mol. The number of carbonyl (C=O) groups excluding carboxylic acids is 1. The van der Waals surface area contributed by atoms with E-state index in [0.29, 0.717) is 36.9 Å². The first kappa shape index (κ1) is 17.0. The molecule has 124 valence electrons. The number of oxazole rings is 1. The molecule has 2 N–H and O–H groups in total. The molecule has 1 amide bonds. The van der Waals surface area contributed by atoms with Gasteiger partial charge in [0.25, 0.3) is 5.91 Å². The number of hydrogen-bond donors (Lipinski definition) is 2. The lowest BCUT2D eigenvalue weighted by atomic mass is 9.94. The molecule has 0 bridgehead atoms. The Morgan fingerprint density at radius 3 is 3.00 bits per heavy atom. The Labute approximate surface area is 131 Å². The van der Waals surface area contributed by atoms with Gasteiger partial charge in [-0.3, -0.25) is 4.79 Å². The molecule has 2 heterocycles. The molecule has 2 rings (SSSR count). The predicted molar refractivity (Wildman–Crippen MR) is 81.4 cm³/mol. The second kappa shape index (κ2) is 8.29. The van der Waals surface area contributed by atoms with Gasteiger partial charge >= 0.3 is 0 Å². The standard InChI is InChI=1S/C16H26N2O4/c1-11(2)8-12(5-6-19)9-17-16(20)14-15(22-10-18-14)13-4-3-7-21-13/h10-13,19H,3-9H2,1-2H3,(H,17,20). The third-order valence-electron chi connectivity index (χ3n) is 3.93. The first-order valence-electron chi connectivity index (χ1n) is 8.05. The molecule has 6 heteroatoms. The first-order chi connectivity index (χ1) is 10.6. The minimum absolute atomic E-state index is 0.137. The van der Waals surface area contributed by atoms with Crippen LogP contribution < -0.4 is 5.32 Å². The SMILES string of the molecule is CC(C)CC(CCO)CNC(=O)c1ncoc1C1CCCO1. The molecule has 2 atom stereocenters. The summed E-state index contributed by atoms with van der Waals surface area (Å²) in [7, 11) is 0. The zero-order valence-electron chi connectivity index (χ0n) is 13.4. The van der Waals surface area contributed by atoms with Crippen LogP contribution in [0.4, 0.5) is 0 Å². The van der Waals surface area contributed by atoms with Crippen LogP contribution in [-0.2, 0) is 4.74 Å². The van der Waals surface area contributed by atoms with E-state index in [1.165, 1.54) is 6.39 Å². The largest absolute Gasteiger partial charge is 0.445 e. The molecule has 1 aromatic heterocycles. The van der Waals surface area contributed by atoms with Crippen LogP contribution in [0.2, 0.25) is 0 Å². The molecule has 1 fully saturated rings. The Kier molecular flexibility index (Phi) is 6.39. The maximum atomic E-state index is 12.3. The van der Waals surface area contributed by atoms with Gasteiger partial charge in [0, 0.05) is 19.8 Å². The van der Waals surface area contributed by atoms with E-state index in [1.807, 2.05) is 0 Å². The Morgan fingerprint density at radius 2 is 2.36 bits per heavy atom. The number of rotatable bonds is 8. The minimum Gasteiger partial charge on any atom is -0.445 e. The van der Waals surface area contributed by atoms with Crippen molar-refractivity contribution in [3.8, 4) is 0 Å². The van der Waals surface area contributed by atoms with Gasteiger partial charge < -0.3 is 19.6 Å². The fraction of sp³-hybridized carbons (Fsp3) is 0.750. The minimum atomic E-state index is -0.231. The van der Waals surface area contributed by atoms with Crippen LogP contribution >= 0.6 is 0 Å². The summed E-state index contributed by atoms with van der Waals surface area (Å²) in [5.74, 6) is 1.10. The highest BCUT2D eigenvalue weighted by Gasteiger charge is 2.28. The topological polar surface area (TPSA) is 84.6 Å². The Balaban J connectivity index is 1.92. The van der Waals surface area contributed by atoms with Gasteiger partial charge in [0.05, 0.1) is 0 Å². The van der Waals surface area contributed by atoms with Crippen molar-refractivity contribution >= 4 is 5.91 Å². The lowest BCUT2D eigenvalue weighted by Crippen LogP contribution is -2.31. The van der Waals surface area contributed by atoms with E-state index in [4.69, 9.17) is 14.3 Å². The smallest absolute Gasteiger partial charge is 0.273 e. The molecule has 1 saturated heterocycles. The van der Waals surface area contributed by atoms with Gasteiger partial charge in [0.2, 0.25) is 0 Å². The molecule has 1 aliphatic heterocycles. The summed E-state index contributed by atoms with van der Waals surface area (Å²) in [6.07, 6.45) is 4.63. The van der Waals surface area contributed by atoms with Crippen LogP contribution in [0.1, 0.15) is 61.9 Å². The van der Waals surface area contributed by atoms with Crippen LogP contribution in [0.3, 0.4) is 0 Å². The van der Waals surface area contributed by atoms with Crippen molar-refractivity contribution in [3.63, 3.8) is 0 Å². The third-order valence-corrected chi connectivity index (χ3v) is 3.93. The average molecular weight is 310 g/mol. The van der Waals surface area contributed by atoms with Gasteiger partial charge in [-0.05, 0) is 37.5 Å². The number of hydrogen-bond acceptors (Lipinski definition) is 5. The van der Waals surface area contributed by atoms with Crippen molar-refractivity contribution in [2.45, 2.75) is 45.6 Å². The van der Waals surface area contributed by atoms with Crippen molar-refractivity contribution in [1.29, 1.82) is 0 Å². The summed E-state index contributed by atoms with van der Waals surface area (Å²) in [5.41, 5.74) is 0.319. The van der Waals surface area contributed by atoms with Crippen molar-refractivity contribution in [1.82, 2.24) is 10.3 Å². The van der Waals surface area contributed by atoms with E-state index >= 15 is 0 Å². The second-order valence-electron chi connectivity index (χ2n) is 6.28. The maximum Gasteiger partial charge on any atom is 0.273 e. The Bertz CT molecular complexity index is 466. The van der Waals surface area contributed by atoms with Crippen LogP contribution in [0.15, 0.2) is 10.8 Å². The van der Waals surface area contributed by atoms with Gasteiger partial charge in [0.1, 0.15) is 6.10 Å². The highest BCUT2D eigenvalue weighted by molar-refractivity contribution is 5.93. The fourth-order valence-electron chi connectivity index (χ4n) is 2.91. The molecule has 2 unspecified atom stereocenters. The Hall–Kier alpha value is -1.40. The van der Waals surface area contributed by atoms with Gasteiger partial charge in [-0.2, -0.15) is 0 Å². The third kappa shape index (κ3) is 4.55. The summed E-state index contributed by atoms with van der Waals surface area (Å²) in [5, 5.41) is 12.0. The van der Waals surface area contributed by atoms with E-state index in [1.54, 1.807) is 0 Å². The number of carbonyl (C=O) groups is 1. The zero-order chi connectivity index (χ0) is 15.9. The molecule has 0 radical (unpaired) electrons. The van der Waals surface area contributed by atoms with E-state index in [2.05, 4.69) is 24.1 Å². The number of nitrogens with one attached hydrogen (secondary N) is 1. The van der Waals surface area contributed by atoms with Crippen molar-refractivity contribution in [2.24, 2.45) is 11.8 Å². The van der Waals surface area contributed by atoms with E-state index < -0.39 is 0 Å².